The molecule has 106 valence electrons. The molecule has 0 saturated heterocycles. The number of esters is 2. The molecule has 0 aromatic heterocycles. The van der Waals surface area contributed by atoms with Gasteiger partial charge in [0.25, 0.3) is 0 Å². The fraction of sp³-hybridized carbons (Fsp3) is 0.600. The predicted octanol–water partition coefficient (Wildman–Crippen LogP) is 2.64. The van der Waals surface area contributed by atoms with Gasteiger partial charge in [0, 0.05) is 12.2 Å². The highest BCUT2D eigenvalue weighted by Crippen LogP contribution is 2.32. The second kappa shape index (κ2) is 8.51. The molecule has 0 unspecified atom stereocenters. The maximum atomic E-state index is 11.2. The molecule has 0 N–H and O–H groups in total. The monoisotopic (exact) mass is 266 g/mol. The Morgan fingerprint density at radius 3 is 1.74 bits per heavy atom. The lowest BCUT2D eigenvalue weighted by Crippen LogP contribution is -2.01. The zero-order chi connectivity index (χ0) is 14.1. The molecule has 1 aliphatic carbocycles. The fourth-order valence-corrected chi connectivity index (χ4v) is 2.21. The number of hydrogen-bond acceptors (Lipinski definition) is 4. The molecule has 0 bridgehead atoms. The minimum absolute atomic E-state index is 0.284. The Balaban J connectivity index is 2.33. The number of carbonyl (C=O) groups is 2. The molecule has 0 aromatic rings. The fourth-order valence-electron chi connectivity index (χ4n) is 2.21. The number of hydrogen-bond donors (Lipinski definition) is 0. The third kappa shape index (κ3) is 6.22. The first-order valence-electron chi connectivity index (χ1n) is 6.85. The molecule has 1 saturated carbocycles. The highest BCUT2D eigenvalue weighted by molar-refractivity contribution is 5.82. The highest BCUT2D eigenvalue weighted by Gasteiger charge is 2.21. The van der Waals surface area contributed by atoms with E-state index in [-0.39, 0.29) is 11.9 Å². The van der Waals surface area contributed by atoms with Gasteiger partial charge < -0.3 is 9.47 Å². The van der Waals surface area contributed by atoms with Crippen LogP contribution in [0.5, 0.6) is 0 Å². The number of ether oxygens (including phenoxy) is 2. The molecule has 19 heavy (non-hydrogen) atoms. The van der Waals surface area contributed by atoms with Gasteiger partial charge in [-0.15, -0.1) is 0 Å². The third-order valence-corrected chi connectivity index (χ3v) is 3.10. The second-order valence-electron chi connectivity index (χ2n) is 4.56. The van der Waals surface area contributed by atoms with Crippen LogP contribution in [0, 0.1) is 11.8 Å². The molecule has 4 nitrogen and oxygen atoms in total. The van der Waals surface area contributed by atoms with Crippen LogP contribution < -0.4 is 0 Å². The zero-order valence-electron chi connectivity index (χ0n) is 11.6. The number of carbonyl (C=O) groups excluding carboxylic acids is 2. The van der Waals surface area contributed by atoms with E-state index in [1.54, 1.807) is 13.8 Å². The lowest BCUT2D eigenvalue weighted by Gasteiger charge is -2.03. The standard InChI is InChI=1S/C15H22O4/c1-3-18-14(16)9-7-12-5-6-13(11-12)8-10-15(17)19-4-2/h7-10,12-13H,3-6,11H2,1-2H3/t12-,13+. The molecule has 0 amide bonds. The van der Waals surface area contributed by atoms with Crippen LogP contribution >= 0.6 is 0 Å². The summed E-state index contributed by atoms with van der Waals surface area (Å²) in [5.74, 6) is 0.212. The van der Waals surface area contributed by atoms with Gasteiger partial charge in [0.15, 0.2) is 0 Å². The zero-order valence-corrected chi connectivity index (χ0v) is 11.6. The van der Waals surface area contributed by atoms with E-state index in [1.807, 2.05) is 12.2 Å². The van der Waals surface area contributed by atoms with Gasteiger partial charge >= 0.3 is 11.9 Å². The normalized spacial score (nSPS) is 23.1. The summed E-state index contributed by atoms with van der Waals surface area (Å²) in [5, 5.41) is 0. The smallest absolute Gasteiger partial charge is 0.330 e. The van der Waals surface area contributed by atoms with Crippen molar-refractivity contribution in [1.82, 2.24) is 0 Å². The lowest BCUT2D eigenvalue weighted by atomic mass is 10.0. The van der Waals surface area contributed by atoms with E-state index in [9.17, 15) is 9.59 Å². The van der Waals surface area contributed by atoms with Crippen molar-refractivity contribution in [1.29, 1.82) is 0 Å². The van der Waals surface area contributed by atoms with Gasteiger partial charge in [-0.25, -0.2) is 9.59 Å². The highest BCUT2D eigenvalue weighted by atomic mass is 16.5. The molecule has 0 spiro atoms. The van der Waals surface area contributed by atoms with Crippen molar-refractivity contribution >= 4 is 11.9 Å². The Bertz CT molecular complexity index is 323. The van der Waals surface area contributed by atoms with Crippen LogP contribution in [0.2, 0.25) is 0 Å². The minimum atomic E-state index is -0.284. The van der Waals surface area contributed by atoms with Crippen molar-refractivity contribution in [2.24, 2.45) is 11.8 Å². The van der Waals surface area contributed by atoms with Gasteiger partial charge in [-0.05, 0) is 44.9 Å². The van der Waals surface area contributed by atoms with Crippen molar-refractivity contribution < 1.29 is 19.1 Å². The van der Waals surface area contributed by atoms with E-state index in [0.717, 1.165) is 19.3 Å². The number of rotatable bonds is 6. The van der Waals surface area contributed by atoms with E-state index >= 15 is 0 Å². The van der Waals surface area contributed by atoms with E-state index in [1.165, 1.54) is 12.2 Å². The van der Waals surface area contributed by atoms with Crippen molar-refractivity contribution in [3.8, 4) is 0 Å². The summed E-state index contributed by atoms with van der Waals surface area (Å²) in [6, 6.07) is 0. The van der Waals surface area contributed by atoms with Gasteiger partial charge in [0.1, 0.15) is 0 Å². The van der Waals surface area contributed by atoms with Crippen LogP contribution in [0.1, 0.15) is 33.1 Å². The van der Waals surface area contributed by atoms with Crippen LogP contribution in [-0.4, -0.2) is 25.2 Å². The summed E-state index contributed by atoms with van der Waals surface area (Å²) in [6.45, 7) is 4.38. The Labute approximate surface area is 114 Å². The van der Waals surface area contributed by atoms with Crippen LogP contribution in [0.25, 0.3) is 0 Å². The van der Waals surface area contributed by atoms with E-state index in [4.69, 9.17) is 9.47 Å². The molecule has 1 aliphatic rings. The van der Waals surface area contributed by atoms with Crippen molar-refractivity contribution in [3.05, 3.63) is 24.3 Å². The summed E-state index contributed by atoms with van der Waals surface area (Å²) in [4.78, 5) is 22.4. The predicted molar refractivity (Wildman–Crippen MR) is 72.4 cm³/mol. The van der Waals surface area contributed by atoms with E-state index < -0.39 is 0 Å². The average molecular weight is 266 g/mol. The first-order chi connectivity index (χ1) is 9.15. The van der Waals surface area contributed by atoms with Gasteiger partial charge in [0.05, 0.1) is 13.2 Å². The number of allylic oxidation sites excluding steroid dienone is 2. The van der Waals surface area contributed by atoms with Gasteiger partial charge in [0.2, 0.25) is 0 Å². The molecule has 0 radical (unpaired) electrons. The van der Waals surface area contributed by atoms with Crippen LogP contribution in [0.3, 0.4) is 0 Å². The molecule has 0 heterocycles. The third-order valence-electron chi connectivity index (χ3n) is 3.10. The molecular weight excluding hydrogens is 244 g/mol. The van der Waals surface area contributed by atoms with Gasteiger partial charge in [-0.3, -0.25) is 0 Å². The van der Waals surface area contributed by atoms with Crippen molar-refractivity contribution in [2.45, 2.75) is 33.1 Å². The molecule has 1 fully saturated rings. The molecule has 0 aromatic carbocycles. The average Bonchev–Trinajstić information content (AvgIpc) is 2.83. The largest absolute Gasteiger partial charge is 0.463 e. The van der Waals surface area contributed by atoms with Crippen molar-refractivity contribution in [2.75, 3.05) is 13.2 Å². The minimum Gasteiger partial charge on any atom is -0.463 e. The molecular formula is C15H22O4. The van der Waals surface area contributed by atoms with Crippen LogP contribution in [-0.2, 0) is 19.1 Å². The Morgan fingerprint density at radius 2 is 1.37 bits per heavy atom. The quantitative estimate of drug-likeness (QED) is 0.548. The lowest BCUT2D eigenvalue weighted by molar-refractivity contribution is -0.138. The first-order valence-corrected chi connectivity index (χ1v) is 6.85. The summed E-state index contributed by atoms with van der Waals surface area (Å²) < 4.78 is 9.67. The summed E-state index contributed by atoms with van der Waals surface area (Å²) in [5.41, 5.74) is 0. The molecule has 4 heteroatoms. The Hall–Kier alpha value is -1.58. The molecule has 1 rings (SSSR count). The first kappa shape index (κ1) is 15.5. The van der Waals surface area contributed by atoms with Crippen molar-refractivity contribution in [3.63, 3.8) is 0 Å². The van der Waals surface area contributed by atoms with Gasteiger partial charge in [-0.2, -0.15) is 0 Å². The Kier molecular flexibility index (Phi) is 6.93. The SMILES string of the molecule is CCOC(=O)C=C[C@@H]1CC[C@H](C=CC(=O)OCC)C1. The van der Waals surface area contributed by atoms with Crippen LogP contribution in [0.4, 0.5) is 0 Å². The topological polar surface area (TPSA) is 52.6 Å². The molecule has 2 atom stereocenters. The second-order valence-corrected chi connectivity index (χ2v) is 4.56. The maximum absolute atomic E-state index is 11.2. The van der Waals surface area contributed by atoms with Crippen LogP contribution in [0.15, 0.2) is 24.3 Å². The van der Waals surface area contributed by atoms with Gasteiger partial charge in [-0.1, -0.05) is 12.2 Å². The summed E-state index contributed by atoms with van der Waals surface area (Å²) >= 11 is 0. The maximum Gasteiger partial charge on any atom is 0.330 e. The Morgan fingerprint density at radius 1 is 0.947 bits per heavy atom. The molecule has 0 aliphatic heterocycles. The van der Waals surface area contributed by atoms with E-state index in [0.29, 0.717) is 25.0 Å². The van der Waals surface area contributed by atoms with E-state index in [2.05, 4.69) is 0 Å². The summed E-state index contributed by atoms with van der Waals surface area (Å²) in [7, 11) is 0. The summed E-state index contributed by atoms with van der Waals surface area (Å²) in [6.07, 6.45) is 9.87.